The zero-order valence-electron chi connectivity index (χ0n) is 10.7. The lowest BCUT2D eigenvalue weighted by Crippen LogP contribution is -2.30. The normalized spacial score (nSPS) is 11.8. The Hall–Kier alpha value is -0.780. The van der Waals surface area contributed by atoms with Gasteiger partial charge in [0.15, 0.2) is 0 Å². The average Bonchev–Trinajstić information content (AvgIpc) is 2.75. The van der Waals surface area contributed by atoms with E-state index in [4.69, 9.17) is 5.73 Å². The van der Waals surface area contributed by atoms with Crippen molar-refractivity contribution in [3.63, 3.8) is 0 Å². The zero-order chi connectivity index (χ0) is 13.3. The summed E-state index contributed by atoms with van der Waals surface area (Å²) >= 11 is 5.14. The zero-order valence-corrected chi connectivity index (χ0v) is 13.1. The lowest BCUT2D eigenvalue weighted by molar-refractivity contribution is 0.501. The Morgan fingerprint density at radius 3 is 2.61 bits per heavy atom. The standard InChI is InChI=1S/C13H16BrN3S/c1-8-4-10(11-5-9(14)6-18-11)17-12(16-8)13(2,3)7-15/h4-6H,7,15H2,1-3H3. The number of nitrogens with two attached hydrogens (primary N) is 1. The van der Waals surface area contributed by atoms with Crippen LogP contribution in [0.3, 0.4) is 0 Å². The van der Waals surface area contributed by atoms with Gasteiger partial charge in [-0.05, 0) is 35.0 Å². The van der Waals surface area contributed by atoms with E-state index in [1.54, 1.807) is 11.3 Å². The van der Waals surface area contributed by atoms with E-state index in [0.29, 0.717) is 6.54 Å². The molecule has 0 spiro atoms. The lowest BCUT2D eigenvalue weighted by Gasteiger charge is -2.21. The first-order valence-corrected chi connectivity index (χ1v) is 7.40. The van der Waals surface area contributed by atoms with E-state index in [0.717, 1.165) is 26.6 Å². The number of rotatable bonds is 3. The third kappa shape index (κ3) is 2.79. The fraction of sp³-hybridized carbons (Fsp3) is 0.385. The number of thiophene rings is 1. The molecular weight excluding hydrogens is 310 g/mol. The molecule has 2 aromatic heterocycles. The van der Waals surface area contributed by atoms with Crippen LogP contribution >= 0.6 is 27.3 Å². The molecule has 0 fully saturated rings. The molecule has 2 heterocycles. The van der Waals surface area contributed by atoms with Gasteiger partial charge in [-0.3, -0.25) is 0 Å². The summed E-state index contributed by atoms with van der Waals surface area (Å²) in [5, 5.41) is 2.06. The highest BCUT2D eigenvalue weighted by Crippen LogP contribution is 2.30. The van der Waals surface area contributed by atoms with Crippen LogP contribution in [0.2, 0.25) is 0 Å². The molecule has 0 unspecified atom stereocenters. The third-order valence-electron chi connectivity index (χ3n) is 2.79. The number of aryl methyl sites for hydroxylation is 1. The summed E-state index contributed by atoms with van der Waals surface area (Å²) in [5.74, 6) is 0.810. The van der Waals surface area contributed by atoms with Crippen LogP contribution in [0.4, 0.5) is 0 Å². The Morgan fingerprint density at radius 2 is 2.06 bits per heavy atom. The molecule has 96 valence electrons. The van der Waals surface area contributed by atoms with Gasteiger partial charge in [0, 0.05) is 27.5 Å². The van der Waals surface area contributed by atoms with Crippen LogP contribution < -0.4 is 5.73 Å². The summed E-state index contributed by atoms with van der Waals surface area (Å²) in [6, 6.07) is 4.08. The van der Waals surface area contributed by atoms with Gasteiger partial charge in [-0.2, -0.15) is 0 Å². The first kappa shape index (κ1) is 13.6. The molecule has 5 heteroatoms. The van der Waals surface area contributed by atoms with E-state index in [2.05, 4.69) is 51.2 Å². The Balaban J connectivity index is 2.51. The lowest BCUT2D eigenvalue weighted by atomic mass is 9.92. The average molecular weight is 326 g/mol. The third-order valence-corrected chi connectivity index (χ3v) is 4.50. The minimum absolute atomic E-state index is 0.199. The van der Waals surface area contributed by atoms with Gasteiger partial charge in [-0.25, -0.2) is 9.97 Å². The van der Waals surface area contributed by atoms with E-state index < -0.39 is 0 Å². The van der Waals surface area contributed by atoms with Crippen LogP contribution in [0.5, 0.6) is 0 Å². The topological polar surface area (TPSA) is 51.8 Å². The molecule has 2 N–H and O–H groups in total. The summed E-state index contributed by atoms with van der Waals surface area (Å²) in [6.07, 6.45) is 0. The van der Waals surface area contributed by atoms with Crippen LogP contribution in [0.15, 0.2) is 22.0 Å². The van der Waals surface area contributed by atoms with Gasteiger partial charge >= 0.3 is 0 Å². The molecule has 0 saturated carbocycles. The monoisotopic (exact) mass is 325 g/mol. The van der Waals surface area contributed by atoms with Gasteiger partial charge < -0.3 is 5.73 Å². The molecule has 0 aliphatic carbocycles. The van der Waals surface area contributed by atoms with Crippen molar-refractivity contribution < 1.29 is 0 Å². The summed E-state index contributed by atoms with van der Waals surface area (Å²) in [7, 11) is 0. The van der Waals surface area contributed by atoms with Crippen molar-refractivity contribution in [1.82, 2.24) is 9.97 Å². The highest BCUT2D eigenvalue weighted by molar-refractivity contribution is 9.10. The molecule has 0 bridgehead atoms. The molecule has 0 aromatic carbocycles. The Bertz CT molecular complexity index is 563. The summed E-state index contributed by atoms with van der Waals surface area (Å²) in [4.78, 5) is 10.3. The molecule has 2 rings (SSSR count). The van der Waals surface area contributed by atoms with Crippen LogP contribution in [-0.4, -0.2) is 16.5 Å². The predicted molar refractivity (Wildman–Crippen MR) is 79.9 cm³/mol. The second-order valence-electron chi connectivity index (χ2n) is 4.94. The number of aromatic nitrogens is 2. The van der Waals surface area contributed by atoms with Crippen molar-refractivity contribution in [3.05, 3.63) is 33.5 Å². The van der Waals surface area contributed by atoms with E-state index in [-0.39, 0.29) is 5.41 Å². The number of halogens is 1. The van der Waals surface area contributed by atoms with Crippen molar-refractivity contribution in [2.45, 2.75) is 26.2 Å². The maximum absolute atomic E-state index is 5.80. The molecule has 0 saturated heterocycles. The smallest absolute Gasteiger partial charge is 0.136 e. The maximum Gasteiger partial charge on any atom is 0.136 e. The molecule has 0 aliphatic rings. The molecule has 0 amide bonds. The summed E-state index contributed by atoms with van der Waals surface area (Å²) in [5.41, 5.74) is 7.54. The van der Waals surface area contributed by atoms with Gasteiger partial charge in [0.1, 0.15) is 5.82 Å². The minimum Gasteiger partial charge on any atom is -0.329 e. The largest absolute Gasteiger partial charge is 0.329 e. The molecule has 0 aliphatic heterocycles. The van der Waals surface area contributed by atoms with E-state index in [1.165, 1.54) is 0 Å². The van der Waals surface area contributed by atoms with Crippen molar-refractivity contribution in [3.8, 4) is 10.6 Å². The highest BCUT2D eigenvalue weighted by atomic mass is 79.9. The fourth-order valence-electron chi connectivity index (χ4n) is 1.54. The van der Waals surface area contributed by atoms with E-state index in [9.17, 15) is 0 Å². The van der Waals surface area contributed by atoms with Crippen LogP contribution in [0.25, 0.3) is 10.6 Å². The fourth-order valence-corrected chi connectivity index (χ4v) is 2.92. The second kappa shape index (κ2) is 5.07. The Kier molecular flexibility index (Phi) is 3.84. The quantitative estimate of drug-likeness (QED) is 0.939. The van der Waals surface area contributed by atoms with E-state index >= 15 is 0 Å². The van der Waals surface area contributed by atoms with Gasteiger partial charge in [0.2, 0.25) is 0 Å². The van der Waals surface area contributed by atoms with Crippen LogP contribution in [-0.2, 0) is 5.41 Å². The van der Waals surface area contributed by atoms with Crippen molar-refractivity contribution in [2.24, 2.45) is 5.73 Å². The van der Waals surface area contributed by atoms with Crippen LogP contribution in [0.1, 0.15) is 25.4 Å². The number of hydrogen-bond donors (Lipinski definition) is 1. The molecule has 3 nitrogen and oxygen atoms in total. The van der Waals surface area contributed by atoms with Gasteiger partial charge in [-0.1, -0.05) is 13.8 Å². The first-order valence-electron chi connectivity index (χ1n) is 5.73. The SMILES string of the molecule is Cc1cc(-c2cc(Br)cs2)nc(C(C)(C)CN)n1. The number of hydrogen-bond acceptors (Lipinski definition) is 4. The van der Waals surface area contributed by atoms with Crippen molar-refractivity contribution in [1.29, 1.82) is 0 Å². The van der Waals surface area contributed by atoms with Crippen molar-refractivity contribution >= 4 is 27.3 Å². The Morgan fingerprint density at radius 1 is 1.33 bits per heavy atom. The van der Waals surface area contributed by atoms with Crippen molar-refractivity contribution in [2.75, 3.05) is 6.54 Å². The molecule has 0 radical (unpaired) electrons. The molecule has 18 heavy (non-hydrogen) atoms. The highest BCUT2D eigenvalue weighted by Gasteiger charge is 2.23. The van der Waals surface area contributed by atoms with Gasteiger partial charge in [-0.15, -0.1) is 11.3 Å². The van der Waals surface area contributed by atoms with Crippen LogP contribution in [0, 0.1) is 6.92 Å². The number of nitrogens with zero attached hydrogens (tertiary/aromatic N) is 2. The van der Waals surface area contributed by atoms with Gasteiger partial charge in [0.25, 0.3) is 0 Å². The molecule has 0 atom stereocenters. The maximum atomic E-state index is 5.80. The first-order chi connectivity index (χ1) is 8.42. The van der Waals surface area contributed by atoms with E-state index in [1.807, 2.05) is 13.0 Å². The predicted octanol–water partition coefficient (Wildman–Crippen LogP) is 3.51. The molecule has 2 aromatic rings. The molecular formula is C13H16BrN3S. The second-order valence-corrected chi connectivity index (χ2v) is 6.76. The minimum atomic E-state index is -0.199. The summed E-state index contributed by atoms with van der Waals surface area (Å²) in [6.45, 7) is 6.65. The van der Waals surface area contributed by atoms with Gasteiger partial charge in [0.05, 0.1) is 10.6 Å². The Labute approximate surface area is 120 Å². The summed E-state index contributed by atoms with van der Waals surface area (Å²) < 4.78 is 1.08.